The van der Waals surface area contributed by atoms with Gasteiger partial charge in [0, 0.05) is 34.7 Å². The Labute approximate surface area is 228 Å². The van der Waals surface area contributed by atoms with Gasteiger partial charge >= 0.3 is 12.1 Å². The van der Waals surface area contributed by atoms with Crippen molar-refractivity contribution in [1.82, 2.24) is 19.6 Å². The van der Waals surface area contributed by atoms with Crippen molar-refractivity contribution in [2.75, 3.05) is 11.9 Å². The summed E-state index contributed by atoms with van der Waals surface area (Å²) in [6.45, 7) is 7.24. The first-order valence-electron chi connectivity index (χ1n) is 12.4. The number of alkyl halides is 3. The molecule has 4 rings (SSSR count). The molecule has 2 N–H and O–H groups in total. The van der Waals surface area contributed by atoms with E-state index in [1.165, 1.54) is 10.6 Å². The molecule has 0 radical (unpaired) electrons. The first kappa shape index (κ1) is 28.5. The summed E-state index contributed by atoms with van der Waals surface area (Å²) in [6, 6.07) is 10.9. The molecule has 9 nitrogen and oxygen atoms in total. The Morgan fingerprint density at radius 1 is 1.00 bits per heavy atom. The number of anilines is 1. The lowest BCUT2D eigenvalue weighted by atomic mass is 9.95. The fraction of sp³-hybridized carbons (Fsp3) is 0.321. The van der Waals surface area contributed by atoms with E-state index in [4.69, 9.17) is 9.84 Å². The fourth-order valence-corrected chi connectivity index (χ4v) is 3.67. The van der Waals surface area contributed by atoms with Crippen LogP contribution in [0.25, 0.3) is 28.2 Å². The predicted octanol–water partition coefficient (Wildman–Crippen LogP) is 6.01. The second kappa shape index (κ2) is 10.9. The number of amides is 1. The molecule has 0 spiro atoms. The maximum Gasteiger partial charge on any atom is 0.433 e. The molecule has 0 fully saturated rings. The van der Waals surface area contributed by atoms with E-state index in [0.717, 1.165) is 17.2 Å². The Morgan fingerprint density at radius 2 is 1.75 bits per heavy atom. The van der Waals surface area contributed by atoms with E-state index in [1.54, 1.807) is 18.3 Å². The molecule has 0 bridgehead atoms. The summed E-state index contributed by atoms with van der Waals surface area (Å²) in [4.78, 5) is 31.3. The molecule has 3 heterocycles. The molecule has 0 aliphatic heterocycles. The van der Waals surface area contributed by atoms with Gasteiger partial charge in [-0.25, -0.2) is 14.5 Å². The first-order chi connectivity index (χ1) is 18.7. The van der Waals surface area contributed by atoms with Gasteiger partial charge in [-0.3, -0.25) is 9.59 Å². The highest BCUT2D eigenvalue weighted by molar-refractivity contribution is 5.95. The van der Waals surface area contributed by atoms with Crippen LogP contribution in [0.2, 0.25) is 0 Å². The zero-order chi connectivity index (χ0) is 29.2. The maximum absolute atomic E-state index is 13.5. The molecule has 12 heteroatoms. The summed E-state index contributed by atoms with van der Waals surface area (Å²) in [6.07, 6.45) is -3.15. The molecule has 0 atom stereocenters. The molecule has 0 unspecified atom stereocenters. The number of nitrogens with zero attached hydrogens (tertiary/aromatic N) is 4. The molecule has 0 saturated carbocycles. The largest absolute Gasteiger partial charge is 0.481 e. The number of aryl methyl sites for hydroxylation is 1. The van der Waals surface area contributed by atoms with Gasteiger partial charge in [0.2, 0.25) is 11.8 Å². The number of carbonyl (C=O) groups excluding carboxylic acids is 1. The Kier molecular flexibility index (Phi) is 7.81. The lowest BCUT2D eigenvalue weighted by Crippen LogP contribution is -2.27. The number of hydrogen-bond donors (Lipinski definition) is 2. The van der Waals surface area contributed by atoms with Crippen LogP contribution < -0.4 is 10.1 Å². The summed E-state index contributed by atoms with van der Waals surface area (Å²) < 4.78 is 47.4. The number of nitrogens with one attached hydrogen (secondary N) is 1. The number of imidazole rings is 1. The van der Waals surface area contributed by atoms with Gasteiger partial charge in [-0.2, -0.15) is 18.3 Å². The standard InChI is InChI=1S/C28H28F3N5O4/c1-16-7-8-17(12-20(16)33-26(39)27(2,3)4)21-15-36-23(32-21)10-9-19(35-36)18-13-22(28(29,30)31)34-24(14-18)40-11-5-6-25(37)38/h7-10,12-15H,5-6,11H2,1-4H3,(H,33,39)(H,37,38). The Bertz CT molecular complexity index is 1570. The quantitative estimate of drug-likeness (QED) is 0.256. The number of hydrogen-bond acceptors (Lipinski definition) is 6. The van der Waals surface area contributed by atoms with E-state index >= 15 is 0 Å². The molecular weight excluding hydrogens is 527 g/mol. The minimum atomic E-state index is -4.73. The summed E-state index contributed by atoms with van der Waals surface area (Å²) in [5, 5.41) is 16.1. The van der Waals surface area contributed by atoms with E-state index in [2.05, 4.69) is 20.4 Å². The zero-order valence-corrected chi connectivity index (χ0v) is 22.3. The molecule has 1 aromatic carbocycles. The van der Waals surface area contributed by atoms with E-state index in [0.29, 0.717) is 17.0 Å². The Hall–Kier alpha value is -4.48. The van der Waals surface area contributed by atoms with Gasteiger partial charge in [0.15, 0.2) is 5.65 Å². The number of fused-ring (bicyclic) bond motifs is 1. The number of halogens is 3. The summed E-state index contributed by atoms with van der Waals surface area (Å²) >= 11 is 0. The van der Waals surface area contributed by atoms with Gasteiger partial charge in [0.25, 0.3) is 0 Å². The van der Waals surface area contributed by atoms with Gasteiger partial charge in [0.05, 0.1) is 24.2 Å². The highest BCUT2D eigenvalue weighted by Crippen LogP contribution is 2.33. The average Bonchev–Trinajstić information content (AvgIpc) is 3.30. The minimum absolute atomic E-state index is 0.105. The minimum Gasteiger partial charge on any atom is -0.481 e. The molecule has 3 aromatic heterocycles. The lowest BCUT2D eigenvalue weighted by Gasteiger charge is -2.19. The number of ether oxygens (including phenoxy) is 1. The third-order valence-corrected chi connectivity index (χ3v) is 5.96. The number of carboxylic acid groups (broad SMARTS) is 1. The van der Waals surface area contributed by atoms with E-state index in [-0.39, 0.29) is 42.5 Å². The van der Waals surface area contributed by atoms with E-state index < -0.39 is 23.3 Å². The molecule has 210 valence electrons. The monoisotopic (exact) mass is 555 g/mol. The van der Waals surface area contributed by atoms with Gasteiger partial charge in [-0.15, -0.1) is 0 Å². The van der Waals surface area contributed by atoms with Crippen LogP contribution >= 0.6 is 0 Å². The van der Waals surface area contributed by atoms with E-state index in [9.17, 15) is 22.8 Å². The van der Waals surface area contributed by atoms with Gasteiger partial charge < -0.3 is 15.2 Å². The number of carboxylic acids is 1. The Balaban J connectivity index is 1.66. The van der Waals surface area contributed by atoms with Crippen LogP contribution in [-0.4, -0.2) is 43.2 Å². The molecule has 0 aliphatic rings. The third-order valence-electron chi connectivity index (χ3n) is 5.96. The number of rotatable bonds is 8. The normalized spacial score (nSPS) is 12.0. The smallest absolute Gasteiger partial charge is 0.433 e. The topological polar surface area (TPSA) is 119 Å². The molecular formula is C28H28F3N5O4. The van der Waals surface area contributed by atoms with Crippen LogP contribution in [0.15, 0.2) is 48.7 Å². The highest BCUT2D eigenvalue weighted by atomic mass is 19.4. The molecule has 4 aromatic rings. The second-order valence-electron chi connectivity index (χ2n) is 10.3. The number of carbonyl (C=O) groups is 2. The van der Waals surface area contributed by atoms with Crippen molar-refractivity contribution in [3.8, 4) is 28.4 Å². The van der Waals surface area contributed by atoms with Crippen LogP contribution in [0.1, 0.15) is 44.9 Å². The van der Waals surface area contributed by atoms with Gasteiger partial charge in [-0.1, -0.05) is 32.9 Å². The van der Waals surface area contributed by atoms with Crippen LogP contribution in [0.4, 0.5) is 18.9 Å². The fourth-order valence-electron chi connectivity index (χ4n) is 3.67. The summed E-state index contributed by atoms with van der Waals surface area (Å²) in [5.74, 6) is -1.45. The van der Waals surface area contributed by atoms with Crippen molar-refractivity contribution in [1.29, 1.82) is 0 Å². The first-order valence-corrected chi connectivity index (χ1v) is 12.4. The van der Waals surface area contributed by atoms with Crippen molar-refractivity contribution in [2.45, 2.75) is 46.7 Å². The average molecular weight is 556 g/mol. The predicted molar refractivity (Wildman–Crippen MR) is 142 cm³/mol. The maximum atomic E-state index is 13.5. The van der Waals surface area contributed by atoms with Crippen LogP contribution in [0.3, 0.4) is 0 Å². The Morgan fingerprint density at radius 3 is 2.42 bits per heavy atom. The van der Waals surface area contributed by atoms with Crippen LogP contribution in [0, 0.1) is 12.3 Å². The second-order valence-corrected chi connectivity index (χ2v) is 10.3. The molecule has 1 amide bonds. The number of aliphatic carboxylic acids is 1. The van der Waals surface area contributed by atoms with Crippen LogP contribution in [0.5, 0.6) is 5.88 Å². The summed E-state index contributed by atoms with van der Waals surface area (Å²) in [5.41, 5.74) is 1.89. The van der Waals surface area contributed by atoms with Crippen molar-refractivity contribution in [2.24, 2.45) is 5.41 Å². The molecule has 0 aliphatic carbocycles. The van der Waals surface area contributed by atoms with Crippen molar-refractivity contribution >= 4 is 23.2 Å². The van der Waals surface area contributed by atoms with E-state index in [1.807, 2.05) is 45.9 Å². The van der Waals surface area contributed by atoms with Crippen molar-refractivity contribution in [3.05, 3.63) is 59.9 Å². The number of benzene rings is 1. The van der Waals surface area contributed by atoms with Crippen molar-refractivity contribution in [3.63, 3.8) is 0 Å². The number of aromatic nitrogens is 4. The molecule has 0 saturated heterocycles. The molecule has 40 heavy (non-hydrogen) atoms. The highest BCUT2D eigenvalue weighted by Gasteiger charge is 2.34. The van der Waals surface area contributed by atoms with Crippen molar-refractivity contribution < 1.29 is 32.6 Å². The van der Waals surface area contributed by atoms with Crippen LogP contribution in [-0.2, 0) is 15.8 Å². The lowest BCUT2D eigenvalue weighted by molar-refractivity contribution is -0.141. The zero-order valence-electron chi connectivity index (χ0n) is 22.3. The van der Waals surface area contributed by atoms with Gasteiger partial charge in [0.1, 0.15) is 5.69 Å². The third kappa shape index (κ3) is 6.74. The van der Waals surface area contributed by atoms with Gasteiger partial charge in [-0.05, 0) is 43.2 Å². The summed E-state index contributed by atoms with van der Waals surface area (Å²) in [7, 11) is 0. The number of pyridine rings is 1. The SMILES string of the molecule is Cc1ccc(-c2cn3nc(-c4cc(OCCCC(=O)O)nc(C(F)(F)F)c4)ccc3n2)cc1NC(=O)C(C)(C)C.